The Morgan fingerprint density at radius 2 is 1.66 bits per heavy atom. The van der Waals surface area contributed by atoms with E-state index >= 15 is 0 Å². The van der Waals surface area contributed by atoms with Crippen LogP contribution in [-0.2, 0) is 6.54 Å². The number of hydrogen-bond donors (Lipinski definition) is 2. The predicted molar refractivity (Wildman–Crippen MR) is 112 cm³/mol. The number of ether oxygens (including phenoxy) is 2. The maximum Gasteiger partial charge on any atom is 0.254 e. The highest BCUT2D eigenvalue weighted by atomic mass is 16.5. The molecule has 2 N–H and O–H groups in total. The van der Waals surface area contributed by atoms with Crippen LogP contribution in [0.25, 0.3) is 0 Å². The number of aryl methyl sites for hydroxylation is 2. The Kier molecular flexibility index (Phi) is 6.29. The highest BCUT2D eigenvalue weighted by molar-refractivity contribution is 5.93. The Morgan fingerprint density at radius 3 is 2.31 bits per heavy atom. The molecular weight excluding hydrogens is 368 g/mol. The van der Waals surface area contributed by atoms with Gasteiger partial charge in [0.1, 0.15) is 0 Å². The number of nitrogens with zero attached hydrogens (tertiary/aromatic N) is 2. The predicted octanol–water partition coefficient (Wildman–Crippen LogP) is 3.78. The molecule has 1 amide bonds. The number of rotatable bonds is 7. The van der Waals surface area contributed by atoms with E-state index in [9.17, 15) is 4.79 Å². The number of methoxy groups -OCH3 is 2. The van der Waals surface area contributed by atoms with Gasteiger partial charge in [0.15, 0.2) is 11.5 Å². The van der Waals surface area contributed by atoms with Crippen LogP contribution in [0.5, 0.6) is 11.5 Å². The molecule has 0 aliphatic carbocycles. The summed E-state index contributed by atoms with van der Waals surface area (Å²) in [5, 5.41) is 5.99. The van der Waals surface area contributed by atoms with Gasteiger partial charge in [-0.15, -0.1) is 0 Å². The molecule has 3 aromatic rings. The van der Waals surface area contributed by atoms with E-state index in [2.05, 4.69) is 27.5 Å². The van der Waals surface area contributed by atoms with Gasteiger partial charge in [0, 0.05) is 24.6 Å². The minimum Gasteiger partial charge on any atom is -0.493 e. The third kappa shape index (κ3) is 5.01. The van der Waals surface area contributed by atoms with Gasteiger partial charge < -0.3 is 20.1 Å². The lowest BCUT2D eigenvalue weighted by Crippen LogP contribution is -2.23. The normalized spacial score (nSPS) is 10.3. The molecule has 0 aliphatic heterocycles. The van der Waals surface area contributed by atoms with Gasteiger partial charge in [-0.25, -0.2) is 9.97 Å². The molecule has 0 spiro atoms. The van der Waals surface area contributed by atoms with Crippen molar-refractivity contribution in [2.75, 3.05) is 19.5 Å². The molecule has 29 heavy (non-hydrogen) atoms. The topological polar surface area (TPSA) is 85.4 Å². The lowest BCUT2D eigenvalue weighted by Gasteiger charge is -2.10. The van der Waals surface area contributed by atoms with Crippen LogP contribution in [0.1, 0.15) is 27.0 Å². The summed E-state index contributed by atoms with van der Waals surface area (Å²) in [6.45, 7) is 4.46. The van der Waals surface area contributed by atoms with Gasteiger partial charge in [0.2, 0.25) is 5.95 Å². The summed E-state index contributed by atoms with van der Waals surface area (Å²) in [5.74, 6) is 1.44. The Bertz CT molecular complexity index is 1000. The largest absolute Gasteiger partial charge is 0.493 e. The third-order valence-corrected chi connectivity index (χ3v) is 4.58. The lowest BCUT2D eigenvalue weighted by molar-refractivity contribution is 0.0950. The number of amides is 1. The van der Waals surface area contributed by atoms with E-state index in [1.807, 2.05) is 37.3 Å². The van der Waals surface area contributed by atoms with E-state index in [-0.39, 0.29) is 5.91 Å². The third-order valence-electron chi connectivity index (χ3n) is 4.58. The smallest absolute Gasteiger partial charge is 0.254 e. The van der Waals surface area contributed by atoms with E-state index in [4.69, 9.17) is 9.47 Å². The highest BCUT2D eigenvalue weighted by Gasteiger charge is 2.09. The summed E-state index contributed by atoms with van der Waals surface area (Å²) in [6, 6.07) is 11.5. The van der Waals surface area contributed by atoms with Crippen molar-refractivity contribution in [2.24, 2.45) is 0 Å². The summed E-state index contributed by atoms with van der Waals surface area (Å²) >= 11 is 0. The molecule has 0 fully saturated rings. The summed E-state index contributed by atoms with van der Waals surface area (Å²) in [7, 11) is 3.16. The number of aromatic nitrogens is 2. The van der Waals surface area contributed by atoms with Crippen molar-refractivity contribution in [3.05, 3.63) is 71.0 Å². The van der Waals surface area contributed by atoms with Gasteiger partial charge in [-0.05, 0) is 54.8 Å². The minimum atomic E-state index is -0.252. The van der Waals surface area contributed by atoms with E-state index in [0.29, 0.717) is 29.6 Å². The monoisotopic (exact) mass is 392 g/mol. The van der Waals surface area contributed by atoms with E-state index in [1.54, 1.807) is 20.3 Å². The van der Waals surface area contributed by atoms with Gasteiger partial charge in [0.05, 0.1) is 19.8 Å². The van der Waals surface area contributed by atoms with E-state index < -0.39 is 0 Å². The average molecular weight is 392 g/mol. The van der Waals surface area contributed by atoms with Crippen LogP contribution in [0.4, 0.5) is 11.6 Å². The first-order valence-electron chi connectivity index (χ1n) is 9.15. The first-order valence-corrected chi connectivity index (χ1v) is 9.15. The molecule has 0 saturated heterocycles. The van der Waals surface area contributed by atoms with E-state index in [1.165, 1.54) is 23.5 Å². The van der Waals surface area contributed by atoms with E-state index in [0.717, 1.165) is 11.3 Å². The molecular formula is C22H24N4O3. The number of carbonyl (C=O) groups is 1. The number of anilines is 2. The lowest BCUT2D eigenvalue weighted by atomic mass is 10.1. The van der Waals surface area contributed by atoms with Crippen molar-refractivity contribution in [3.63, 3.8) is 0 Å². The molecule has 0 unspecified atom stereocenters. The fourth-order valence-electron chi connectivity index (χ4n) is 2.73. The van der Waals surface area contributed by atoms with Gasteiger partial charge in [-0.1, -0.05) is 12.1 Å². The van der Waals surface area contributed by atoms with Crippen molar-refractivity contribution in [1.82, 2.24) is 15.3 Å². The van der Waals surface area contributed by atoms with Crippen LogP contribution >= 0.6 is 0 Å². The molecule has 2 aromatic carbocycles. The highest BCUT2D eigenvalue weighted by Crippen LogP contribution is 2.27. The maximum absolute atomic E-state index is 12.4. The standard InChI is InChI=1S/C22H24N4O3/c1-14-5-7-18(9-15(14)2)26-22-24-12-17(13-25-22)21(27)23-11-16-6-8-19(28-3)20(10-16)29-4/h5-10,12-13H,11H2,1-4H3,(H,23,27)(H,24,25,26). The van der Waals surface area contributed by atoms with Gasteiger partial charge in [-0.3, -0.25) is 4.79 Å². The first kappa shape index (κ1) is 20.1. The number of hydrogen-bond acceptors (Lipinski definition) is 6. The molecule has 0 radical (unpaired) electrons. The van der Waals surface area contributed by atoms with Crippen LogP contribution in [0, 0.1) is 13.8 Å². The summed E-state index contributed by atoms with van der Waals surface area (Å²) in [5.41, 5.74) is 4.58. The van der Waals surface area contributed by atoms with Crippen molar-refractivity contribution < 1.29 is 14.3 Å². The van der Waals surface area contributed by atoms with Gasteiger partial charge >= 0.3 is 0 Å². The summed E-state index contributed by atoms with van der Waals surface area (Å²) in [4.78, 5) is 20.8. The second kappa shape index (κ2) is 9.05. The number of nitrogens with one attached hydrogen (secondary N) is 2. The Morgan fingerprint density at radius 1 is 0.931 bits per heavy atom. The second-order valence-corrected chi connectivity index (χ2v) is 6.59. The Hall–Kier alpha value is -3.61. The van der Waals surface area contributed by atoms with Crippen molar-refractivity contribution in [1.29, 1.82) is 0 Å². The van der Waals surface area contributed by atoms with Gasteiger partial charge in [-0.2, -0.15) is 0 Å². The average Bonchev–Trinajstić information content (AvgIpc) is 2.75. The van der Waals surface area contributed by atoms with Crippen molar-refractivity contribution in [2.45, 2.75) is 20.4 Å². The molecule has 0 bridgehead atoms. The van der Waals surface area contributed by atoms with Crippen LogP contribution in [0.3, 0.4) is 0 Å². The van der Waals surface area contributed by atoms with Crippen LogP contribution in [0.2, 0.25) is 0 Å². The SMILES string of the molecule is COc1ccc(CNC(=O)c2cnc(Nc3ccc(C)c(C)c3)nc2)cc1OC. The van der Waals surface area contributed by atoms with Gasteiger partial charge in [0.25, 0.3) is 5.91 Å². The molecule has 3 rings (SSSR count). The van der Waals surface area contributed by atoms with Crippen LogP contribution < -0.4 is 20.1 Å². The molecule has 7 nitrogen and oxygen atoms in total. The number of carbonyl (C=O) groups excluding carboxylic acids is 1. The zero-order valence-electron chi connectivity index (χ0n) is 16.9. The molecule has 1 heterocycles. The Balaban J connectivity index is 1.61. The van der Waals surface area contributed by atoms with Crippen molar-refractivity contribution >= 4 is 17.5 Å². The first-order chi connectivity index (χ1) is 14.0. The molecule has 0 aliphatic rings. The minimum absolute atomic E-state index is 0.252. The fourth-order valence-corrected chi connectivity index (χ4v) is 2.73. The fraction of sp³-hybridized carbons (Fsp3) is 0.227. The molecule has 7 heteroatoms. The molecule has 150 valence electrons. The Labute approximate surface area is 170 Å². The second-order valence-electron chi connectivity index (χ2n) is 6.59. The maximum atomic E-state index is 12.4. The van der Waals surface area contributed by atoms with Crippen molar-refractivity contribution in [3.8, 4) is 11.5 Å². The zero-order chi connectivity index (χ0) is 20.8. The summed E-state index contributed by atoms with van der Waals surface area (Å²) in [6.07, 6.45) is 3.00. The molecule has 1 aromatic heterocycles. The number of benzene rings is 2. The van der Waals surface area contributed by atoms with Crippen LogP contribution in [0.15, 0.2) is 48.8 Å². The molecule has 0 atom stereocenters. The summed E-state index contributed by atoms with van der Waals surface area (Å²) < 4.78 is 10.5. The molecule has 0 saturated carbocycles. The van der Waals surface area contributed by atoms with Crippen LogP contribution in [-0.4, -0.2) is 30.1 Å². The zero-order valence-corrected chi connectivity index (χ0v) is 16.9. The quantitative estimate of drug-likeness (QED) is 0.636.